The van der Waals surface area contributed by atoms with Gasteiger partial charge in [-0.15, -0.1) is 0 Å². The summed E-state index contributed by atoms with van der Waals surface area (Å²) in [5.41, 5.74) is 0.955. The lowest BCUT2D eigenvalue weighted by atomic mass is 10.2. The van der Waals surface area contributed by atoms with Crippen molar-refractivity contribution in [3.8, 4) is 0 Å². The number of nitrogens with one attached hydrogen (secondary N) is 1. The third-order valence-corrected chi connectivity index (χ3v) is 4.52. The number of carbonyl (C=O) groups excluding carboxylic acids is 1. The molecule has 1 saturated carbocycles. The Morgan fingerprint density at radius 3 is 2.78 bits per heavy atom. The van der Waals surface area contributed by atoms with Crippen molar-refractivity contribution in [2.75, 3.05) is 5.32 Å². The molecule has 5 nitrogen and oxygen atoms in total. The van der Waals surface area contributed by atoms with Crippen molar-refractivity contribution < 1.29 is 18.0 Å². The van der Waals surface area contributed by atoms with Crippen LogP contribution in [0.25, 0.3) is 5.65 Å². The Morgan fingerprint density at radius 1 is 1.22 bits per heavy atom. The molecule has 0 saturated heterocycles. The van der Waals surface area contributed by atoms with E-state index in [0.29, 0.717) is 6.54 Å². The molecule has 4 rings (SSSR count). The van der Waals surface area contributed by atoms with Gasteiger partial charge < -0.3 is 14.6 Å². The number of imidazole rings is 1. The minimum atomic E-state index is -4.45. The van der Waals surface area contributed by atoms with E-state index in [2.05, 4.69) is 10.3 Å². The average Bonchev–Trinajstić information content (AvgIpc) is 3.39. The second-order valence-corrected chi connectivity index (χ2v) is 6.55. The van der Waals surface area contributed by atoms with E-state index in [1.54, 1.807) is 11.1 Å². The van der Waals surface area contributed by atoms with Gasteiger partial charge in [0.1, 0.15) is 5.65 Å². The van der Waals surface area contributed by atoms with Gasteiger partial charge in [0.25, 0.3) is 0 Å². The van der Waals surface area contributed by atoms with Gasteiger partial charge in [0.15, 0.2) is 0 Å². The summed E-state index contributed by atoms with van der Waals surface area (Å²) < 4.78 is 40.5. The van der Waals surface area contributed by atoms with Crippen LogP contribution in [0.4, 0.5) is 23.7 Å². The highest BCUT2D eigenvalue weighted by atomic mass is 19.4. The van der Waals surface area contributed by atoms with Crippen molar-refractivity contribution in [3.05, 3.63) is 66.1 Å². The van der Waals surface area contributed by atoms with E-state index in [1.165, 1.54) is 12.1 Å². The number of aromatic nitrogens is 2. The number of benzene rings is 1. The van der Waals surface area contributed by atoms with E-state index in [0.717, 1.165) is 36.3 Å². The molecule has 140 valence electrons. The Balaban J connectivity index is 1.54. The fourth-order valence-electron chi connectivity index (χ4n) is 3.00. The van der Waals surface area contributed by atoms with Crippen LogP contribution >= 0.6 is 0 Å². The van der Waals surface area contributed by atoms with Crippen LogP contribution in [-0.4, -0.2) is 26.4 Å². The smallest absolute Gasteiger partial charge is 0.316 e. The second kappa shape index (κ2) is 6.61. The number of pyridine rings is 1. The minimum Gasteiger partial charge on any atom is -0.316 e. The van der Waals surface area contributed by atoms with E-state index in [4.69, 9.17) is 0 Å². The number of halogens is 3. The Bertz CT molecular complexity index is 978. The summed E-state index contributed by atoms with van der Waals surface area (Å²) in [5, 5.41) is 2.59. The van der Waals surface area contributed by atoms with Crippen LogP contribution in [0.3, 0.4) is 0 Å². The standard InChI is InChI=1S/C19H17F3N4O/c20-19(21,22)13-4-3-5-14(10-13)24-18(27)26(15-7-8-15)12-16-11-23-17-6-1-2-9-25(16)17/h1-6,9-11,15H,7-8,12H2,(H,24,27). The zero-order valence-electron chi connectivity index (χ0n) is 14.3. The highest BCUT2D eigenvalue weighted by molar-refractivity contribution is 5.89. The summed E-state index contributed by atoms with van der Waals surface area (Å²) in [5.74, 6) is 0. The molecule has 3 aromatic rings. The molecule has 0 spiro atoms. The van der Waals surface area contributed by atoms with Crippen LogP contribution in [0, 0.1) is 0 Å². The van der Waals surface area contributed by atoms with Gasteiger partial charge in [-0.3, -0.25) is 0 Å². The predicted molar refractivity (Wildman–Crippen MR) is 94.2 cm³/mol. The molecule has 0 radical (unpaired) electrons. The van der Waals surface area contributed by atoms with Crippen molar-refractivity contribution in [3.63, 3.8) is 0 Å². The van der Waals surface area contributed by atoms with E-state index >= 15 is 0 Å². The molecule has 1 aliphatic carbocycles. The molecule has 1 fully saturated rings. The monoisotopic (exact) mass is 374 g/mol. The first kappa shape index (κ1) is 17.4. The summed E-state index contributed by atoms with van der Waals surface area (Å²) in [7, 11) is 0. The molecule has 0 aliphatic heterocycles. The molecule has 1 N–H and O–H groups in total. The third-order valence-electron chi connectivity index (χ3n) is 4.52. The number of anilines is 1. The van der Waals surface area contributed by atoms with Crippen molar-refractivity contribution in [1.82, 2.24) is 14.3 Å². The number of rotatable bonds is 4. The maximum Gasteiger partial charge on any atom is 0.416 e. The minimum absolute atomic E-state index is 0.0880. The fourth-order valence-corrected chi connectivity index (χ4v) is 3.00. The largest absolute Gasteiger partial charge is 0.416 e. The quantitative estimate of drug-likeness (QED) is 0.728. The number of amides is 2. The molecule has 8 heteroatoms. The van der Waals surface area contributed by atoms with Crippen LogP contribution in [0.2, 0.25) is 0 Å². The maximum absolute atomic E-state index is 12.9. The van der Waals surface area contributed by atoms with Gasteiger partial charge in [0, 0.05) is 17.9 Å². The van der Waals surface area contributed by atoms with Gasteiger partial charge in [-0.05, 0) is 43.2 Å². The molecule has 0 atom stereocenters. The van der Waals surface area contributed by atoms with Gasteiger partial charge >= 0.3 is 12.2 Å². The highest BCUT2D eigenvalue weighted by Gasteiger charge is 2.34. The van der Waals surface area contributed by atoms with E-state index in [1.807, 2.05) is 28.8 Å². The fraction of sp³-hybridized carbons (Fsp3) is 0.263. The van der Waals surface area contributed by atoms with Gasteiger partial charge in [0.05, 0.1) is 24.0 Å². The molecule has 0 unspecified atom stereocenters. The van der Waals surface area contributed by atoms with E-state index < -0.39 is 17.8 Å². The van der Waals surface area contributed by atoms with Gasteiger partial charge in [-0.1, -0.05) is 12.1 Å². The molecule has 0 bridgehead atoms. The number of carbonyl (C=O) groups is 1. The number of hydrogen-bond acceptors (Lipinski definition) is 2. The molecule has 2 aromatic heterocycles. The topological polar surface area (TPSA) is 49.6 Å². The molecule has 1 aromatic carbocycles. The van der Waals surface area contributed by atoms with Crippen molar-refractivity contribution in [1.29, 1.82) is 0 Å². The molecule has 27 heavy (non-hydrogen) atoms. The van der Waals surface area contributed by atoms with Crippen LogP contribution in [0.5, 0.6) is 0 Å². The normalized spacial score (nSPS) is 14.3. The third kappa shape index (κ3) is 3.74. The van der Waals surface area contributed by atoms with Crippen molar-refractivity contribution in [2.24, 2.45) is 0 Å². The molecule has 2 amide bonds. The molecule has 1 aliphatic rings. The zero-order chi connectivity index (χ0) is 19.0. The highest BCUT2D eigenvalue weighted by Crippen LogP contribution is 2.32. The van der Waals surface area contributed by atoms with E-state index in [-0.39, 0.29) is 11.7 Å². The summed E-state index contributed by atoms with van der Waals surface area (Å²) in [6.45, 7) is 0.334. The first-order valence-electron chi connectivity index (χ1n) is 8.58. The van der Waals surface area contributed by atoms with Crippen LogP contribution in [0.15, 0.2) is 54.9 Å². The maximum atomic E-state index is 12.9. The number of urea groups is 1. The lowest BCUT2D eigenvalue weighted by molar-refractivity contribution is -0.137. The number of alkyl halides is 3. The van der Waals surface area contributed by atoms with E-state index in [9.17, 15) is 18.0 Å². The first-order valence-corrected chi connectivity index (χ1v) is 8.58. The molecular formula is C19H17F3N4O. The van der Waals surface area contributed by atoms with Crippen LogP contribution in [0.1, 0.15) is 24.1 Å². The summed E-state index contributed by atoms with van der Waals surface area (Å²) in [4.78, 5) is 18.7. The summed E-state index contributed by atoms with van der Waals surface area (Å²) in [6.07, 6.45) is 0.892. The Labute approximate surface area is 153 Å². The molecule has 2 heterocycles. The number of hydrogen-bond donors (Lipinski definition) is 1. The Morgan fingerprint density at radius 2 is 2.04 bits per heavy atom. The summed E-state index contributed by atoms with van der Waals surface area (Å²) >= 11 is 0. The number of fused-ring (bicyclic) bond motifs is 1. The SMILES string of the molecule is O=C(Nc1cccc(C(F)(F)F)c1)N(Cc1cnc2ccccn12)C1CC1. The first-order chi connectivity index (χ1) is 12.9. The van der Waals surface area contributed by atoms with Crippen LogP contribution in [-0.2, 0) is 12.7 Å². The Kier molecular flexibility index (Phi) is 4.25. The van der Waals surface area contributed by atoms with Gasteiger partial charge in [-0.2, -0.15) is 13.2 Å². The predicted octanol–water partition coefficient (Wildman–Crippen LogP) is 4.55. The lowest BCUT2D eigenvalue weighted by Gasteiger charge is -2.23. The van der Waals surface area contributed by atoms with Crippen LogP contribution < -0.4 is 5.32 Å². The lowest BCUT2D eigenvalue weighted by Crippen LogP contribution is -2.36. The molecular weight excluding hydrogens is 357 g/mol. The average molecular weight is 374 g/mol. The van der Waals surface area contributed by atoms with Crippen molar-refractivity contribution >= 4 is 17.4 Å². The summed E-state index contributed by atoms with van der Waals surface area (Å²) in [6, 6.07) is 9.95. The van der Waals surface area contributed by atoms with Gasteiger partial charge in [0.2, 0.25) is 0 Å². The zero-order valence-corrected chi connectivity index (χ0v) is 14.3. The van der Waals surface area contributed by atoms with Crippen molar-refractivity contribution in [2.45, 2.75) is 31.6 Å². The Hall–Kier alpha value is -3.03. The second-order valence-electron chi connectivity index (χ2n) is 6.55. The number of nitrogens with zero attached hydrogens (tertiary/aromatic N) is 3. The van der Waals surface area contributed by atoms with Gasteiger partial charge in [-0.25, -0.2) is 9.78 Å².